The molecule has 1 fully saturated rings. The Balaban J connectivity index is 2.26. The van der Waals surface area contributed by atoms with Crippen LogP contribution >= 0.6 is 0 Å². The number of hydrogen-bond acceptors (Lipinski definition) is 7. The number of hydrogen-bond donors (Lipinski definition) is 0. The largest absolute Gasteiger partial charge is 0.481 e. The van der Waals surface area contributed by atoms with E-state index in [1.54, 1.807) is 6.92 Å². The molecule has 4 atom stereocenters. The average molecular weight is 607 g/mol. The number of benzene rings is 1. The zero-order valence-electron chi connectivity index (χ0n) is 25.7. The van der Waals surface area contributed by atoms with Crippen LogP contribution in [0, 0.1) is 11.3 Å². The Morgan fingerprint density at radius 1 is 1.14 bits per heavy atom. The molecular formula is C32H41F3N2O6. The SMILES string of the molecule is C=CCOC(=O)N1[C@H](C(=O)OCC)[C@@H](C(C)(C)C)[C@H](OCc2cc(C(F)(F)F)cnc2OC)[C@@H]1c1ccccc1C(C)C. The molecule has 236 valence electrons. The van der Waals surface area contributed by atoms with Gasteiger partial charge in [-0.15, -0.1) is 0 Å². The number of rotatable bonds is 10. The number of aromatic nitrogens is 1. The van der Waals surface area contributed by atoms with Gasteiger partial charge >= 0.3 is 18.2 Å². The highest BCUT2D eigenvalue weighted by molar-refractivity contribution is 5.83. The molecule has 1 aromatic carbocycles. The zero-order valence-corrected chi connectivity index (χ0v) is 25.7. The first-order chi connectivity index (χ1) is 20.2. The molecule has 0 aliphatic carbocycles. The van der Waals surface area contributed by atoms with Gasteiger partial charge in [-0.2, -0.15) is 13.2 Å². The Kier molecular flexibility index (Phi) is 10.9. The summed E-state index contributed by atoms with van der Waals surface area (Å²) in [6, 6.07) is 6.48. The summed E-state index contributed by atoms with van der Waals surface area (Å²) >= 11 is 0. The van der Waals surface area contributed by atoms with E-state index in [9.17, 15) is 22.8 Å². The molecule has 0 spiro atoms. The average Bonchev–Trinajstić information content (AvgIpc) is 3.30. The number of esters is 1. The third kappa shape index (κ3) is 7.49. The van der Waals surface area contributed by atoms with Gasteiger partial charge in [0.2, 0.25) is 5.88 Å². The molecule has 1 amide bonds. The third-order valence-electron chi connectivity index (χ3n) is 7.48. The van der Waals surface area contributed by atoms with Gasteiger partial charge in [0.25, 0.3) is 0 Å². The van der Waals surface area contributed by atoms with E-state index in [2.05, 4.69) is 11.6 Å². The number of likely N-dealkylation sites (tertiary alicyclic amines) is 1. The van der Waals surface area contributed by atoms with Crippen LogP contribution in [0.15, 0.2) is 49.2 Å². The van der Waals surface area contributed by atoms with E-state index in [0.29, 0.717) is 6.20 Å². The first-order valence-electron chi connectivity index (χ1n) is 14.2. The smallest absolute Gasteiger partial charge is 0.417 e. The second kappa shape index (κ2) is 13.8. The summed E-state index contributed by atoms with van der Waals surface area (Å²) < 4.78 is 63.5. The molecule has 2 heterocycles. The summed E-state index contributed by atoms with van der Waals surface area (Å²) in [5, 5.41) is 0. The quantitative estimate of drug-likeness (QED) is 0.211. The van der Waals surface area contributed by atoms with Gasteiger partial charge in [0, 0.05) is 17.7 Å². The monoisotopic (exact) mass is 606 g/mol. The molecule has 1 aromatic heterocycles. The number of ether oxygens (including phenoxy) is 4. The van der Waals surface area contributed by atoms with Crippen molar-refractivity contribution in [2.24, 2.45) is 11.3 Å². The summed E-state index contributed by atoms with van der Waals surface area (Å²) in [5.74, 6) is -1.28. The Labute approximate surface area is 251 Å². The molecule has 1 saturated heterocycles. The maximum atomic E-state index is 13.8. The summed E-state index contributed by atoms with van der Waals surface area (Å²) in [4.78, 5) is 32.6. The van der Waals surface area contributed by atoms with Crippen LogP contribution in [-0.4, -0.2) is 54.4 Å². The van der Waals surface area contributed by atoms with E-state index >= 15 is 0 Å². The molecule has 3 rings (SSSR count). The first-order valence-corrected chi connectivity index (χ1v) is 14.2. The highest BCUT2D eigenvalue weighted by Gasteiger charge is 2.60. The van der Waals surface area contributed by atoms with Crippen LogP contribution in [0.1, 0.15) is 75.8 Å². The van der Waals surface area contributed by atoms with Crippen LogP contribution in [0.3, 0.4) is 0 Å². The molecule has 0 radical (unpaired) electrons. The highest BCUT2D eigenvalue weighted by Crippen LogP contribution is 2.51. The predicted octanol–water partition coefficient (Wildman–Crippen LogP) is 7.09. The van der Waals surface area contributed by atoms with Gasteiger partial charge in [-0.1, -0.05) is 71.5 Å². The fraction of sp³-hybridized carbons (Fsp3) is 0.531. The Morgan fingerprint density at radius 2 is 1.81 bits per heavy atom. The first kappa shape index (κ1) is 33.9. The van der Waals surface area contributed by atoms with Gasteiger partial charge < -0.3 is 18.9 Å². The summed E-state index contributed by atoms with van der Waals surface area (Å²) in [7, 11) is 1.31. The summed E-state index contributed by atoms with van der Waals surface area (Å²) in [6.45, 7) is 14.7. The van der Waals surface area contributed by atoms with Gasteiger partial charge in [-0.05, 0) is 35.4 Å². The topological polar surface area (TPSA) is 87.2 Å². The van der Waals surface area contributed by atoms with Crippen molar-refractivity contribution in [3.63, 3.8) is 0 Å². The van der Waals surface area contributed by atoms with Crippen molar-refractivity contribution < 1.29 is 41.7 Å². The van der Waals surface area contributed by atoms with Crippen molar-refractivity contribution in [2.45, 2.75) is 78.4 Å². The Hall–Kier alpha value is -3.60. The Bertz CT molecular complexity index is 1290. The summed E-state index contributed by atoms with van der Waals surface area (Å²) in [5.41, 5.74) is 0.121. The van der Waals surface area contributed by atoms with E-state index in [0.717, 1.165) is 17.2 Å². The molecule has 0 N–H and O–H groups in total. The van der Waals surface area contributed by atoms with Gasteiger partial charge in [0.15, 0.2) is 0 Å². The number of nitrogens with zero attached hydrogens (tertiary/aromatic N) is 2. The molecular weight excluding hydrogens is 565 g/mol. The molecule has 2 aromatic rings. The minimum Gasteiger partial charge on any atom is -0.481 e. The van der Waals surface area contributed by atoms with Crippen molar-refractivity contribution in [3.8, 4) is 5.88 Å². The predicted molar refractivity (Wildman–Crippen MR) is 154 cm³/mol. The van der Waals surface area contributed by atoms with Crippen LogP contribution in [0.4, 0.5) is 18.0 Å². The lowest BCUT2D eigenvalue weighted by Gasteiger charge is -2.35. The lowest BCUT2D eigenvalue weighted by atomic mass is 9.73. The van der Waals surface area contributed by atoms with E-state index in [1.807, 2.05) is 58.9 Å². The van der Waals surface area contributed by atoms with Crippen molar-refractivity contribution in [1.29, 1.82) is 0 Å². The van der Waals surface area contributed by atoms with Gasteiger partial charge in [0.1, 0.15) is 12.6 Å². The van der Waals surface area contributed by atoms with E-state index < -0.39 is 53.3 Å². The lowest BCUT2D eigenvalue weighted by molar-refractivity contribution is -0.151. The van der Waals surface area contributed by atoms with E-state index in [1.165, 1.54) is 18.1 Å². The Morgan fingerprint density at radius 3 is 2.37 bits per heavy atom. The van der Waals surface area contributed by atoms with Crippen LogP contribution in [0.2, 0.25) is 0 Å². The van der Waals surface area contributed by atoms with Gasteiger partial charge in [-0.3, -0.25) is 4.90 Å². The number of carbonyl (C=O) groups is 2. The third-order valence-corrected chi connectivity index (χ3v) is 7.48. The van der Waals surface area contributed by atoms with Gasteiger partial charge in [0.05, 0.1) is 38.0 Å². The summed E-state index contributed by atoms with van der Waals surface area (Å²) in [6.07, 6.45) is -4.14. The molecule has 8 nitrogen and oxygen atoms in total. The maximum absolute atomic E-state index is 13.8. The maximum Gasteiger partial charge on any atom is 0.417 e. The molecule has 1 aliphatic heterocycles. The molecule has 0 bridgehead atoms. The number of amides is 1. The number of pyridine rings is 1. The fourth-order valence-corrected chi connectivity index (χ4v) is 5.72. The molecule has 11 heteroatoms. The van der Waals surface area contributed by atoms with Crippen LogP contribution in [0.5, 0.6) is 5.88 Å². The van der Waals surface area contributed by atoms with Crippen molar-refractivity contribution in [3.05, 3.63) is 71.4 Å². The van der Waals surface area contributed by atoms with Crippen LogP contribution < -0.4 is 4.74 Å². The van der Waals surface area contributed by atoms with E-state index in [-0.39, 0.29) is 37.2 Å². The molecule has 0 unspecified atom stereocenters. The highest BCUT2D eigenvalue weighted by atomic mass is 19.4. The second-order valence-electron chi connectivity index (χ2n) is 11.8. The second-order valence-corrected chi connectivity index (χ2v) is 11.8. The zero-order chi connectivity index (χ0) is 32.1. The van der Waals surface area contributed by atoms with Crippen molar-refractivity contribution >= 4 is 12.1 Å². The lowest BCUT2D eigenvalue weighted by Crippen LogP contribution is -2.48. The number of halogens is 3. The van der Waals surface area contributed by atoms with Crippen molar-refractivity contribution in [1.82, 2.24) is 9.88 Å². The normalized spacial score (nSPS) is 20.7. The number of alkyl halides is 3. The van der Waals surface area contributed by atoms with Gasteiger partial charge in [-0.25, -0.2) is 14.6 Å². The van der Waals surface area contributed by atoms with E-state index in [4.69, 9.17) is 18.9 Å². The molecule has 43 heavy (non-hydrogen) atoms. The van der Waals surface area contributed by atoms with Crippen LogP contribution in [0.25, 0.3) is 0 Å². The standard InChI is InChI=1S/C32H41F3N2O6/c1-9-15-42-30(39)37-25(23-14-12-11-13-22(23)19(3)4)27(24(31(5,6)7)26(37)29(38)41-10-2)43-18-20-16-21(32(33,34)35)17-36-28(20)40-8/h9,11-14,16-17,19,24-27H,1,10,15,18H2,2-8H3/t24-,25+,26+,27+/m1/s1. The minimum absolute atomic E-state index is 0.0263. The minimum atomic E-state index is -4.63. The number of methoxy groups -OCH3 is 1. The molecule has 1 aliphatic rings. The van der Waals surface area contributed by atoms with Crippen molar-refractivity contribution in [2.75, 3.05) is 20.3 Å². The van der Waals surface area contributed by atoms with Crippen LogP contribution in [-0.2, 0) is 31.8 Å². The molecule has 0 saturated carbocycles. The fourth-order valence-electron chi connectivity index (χ4n) is 5.72. The number of carbonyl (C=O) groups excluding carboxylic acids is 2.